The number of aliphatic hydroxyl groups excluding tert-OH is 2. The van der Waals surface area contributed by atoms with Gasteiger partial charge in [0.2, 0.25) is 0 Å². The number of carboxylic acids is 1. The van der Waals surface area contributed by atoms with E-state index in [1.165, 1.54) is 24.3 Å². The monoisotopic (exact) mass is 1120 g/mol. The molecule has 0 radical (unpaired) electrons. The highest BCUT2D eigenvalue weighted by Gasteiger charge is 2.42. The third kappa shape index (κ3) is 16.7. The fraction of sp³-hybridized carbons (Fsp3) is 0.443. The molecule has 4 aliphatic rings. The van der Waals surface area contributed by atoms with Crippen LogP contribution in [0.5, 0.6) is 23.0 Å². The van der Waals surface area contributed by atoms with E-state index in [0.29, 0.717) is 77.1 Å². The standard InChI is InChI=1S/C29H31F3N2O4.C15H22N2O3.C14H11F3O2.3CH4/c1-18-15-34(16-18)17-24(27(35)22-5-7-25-26(14-22)38-11-10-37-25)33-28(36)29(31,32)9-8-19-2-3-21-13-23(30)6-4-20(21)12-19;1-10-7-17(8-10)9-12(16)15(18)11-2-3-13-14(6-11)20-5-4-19-13;15-12-4-3-10-7-9(1-2-11(10)8-12)5-6-14(16,17)13(18)19;;;/h2-7,12-14,18,24,27,35H,8-11,15-17H2,1H3,(H,33,36);2-3,6,10,12,15,18H,4-5,7-9,16H2,1H3;1-4,7-8H,5-6H2,(H,18,19);3*1H4/t24-,27-;12-,15-;;;;/m11..../s1. The number of likely N-dealkylation sites (tertiary alicyclic amines) is 2. The van der Waals surface area contributed by atoms with Crippen LogP contribution in [0.2, 0.25) is 0 Å². The minimum atomic E-state index is -3.72. The number of amides is 1. The highest BCUT2D eigenvalue weighted by atomic mass is 19.3. The first-order chi connectivity index (χ1) is 36.7. The molecule has 4 atom stereocenters. The summed E-state index contributed by atoms with van der Waals surface area (Å²) in [6.45, 7) is 10.9. The Balaban J connectivity index is 0.000000237. The molecule has 1 amide bonds. The number of carbonyl (C=O) groups is 2. The van der Waals surface area contributed by atoms with Crippen LogP contribution in [-0.2, 0) is 22.4 Å². The molecule has 13 nitrogen and oxygen atoms in total. The summed E-state index contributed by atoms with van der Waals surface area (Å²) < 4.78 is 104. The fourth-order valence-electron chi connectivity index (χ4n) is 9.76. The molecule has 4 heterocycles. The summed E-state index contributed by atoms with van der Waals surface area (Å²) in [6, 6.07) is 27.7. The van der Waals surface area contributed by atoms with Gasteiger partial charge < -0.3 is 55.1 Å². The second-order valence-electron chi connectivity index (χ2n) is 20.5. The van der Waals surface area contributed by atoms with Crippen molar-refractivity contribution in [2.24, 2.45) is 17.6 Å². The highest BCUT2D eigenvalue weighted by molar-refractivity contribution is 5.85. The van der Waals surface area contributed by atoms with Crippen molar-refractivity contribution in [1.29, 1.82) is 0 Å². The lowest BCUT2D eigenvalue weighted by molar-refractivity contribution is -0.165. The number of carbonyl (C=O) groups excluding carboxylic acids is 1. The number of benzene rings is 6. The van der Waals surface area contributed by atoms with Gasteiger partial charge in [-0.2, -0.15) is 17.6 Å². The number of rotatable bonds is 17. The number of nitrogens with zero attached hydrogens (tertiary/aromatic N) is 2. The van der Waals surface area contributed by atoms with Crippen LogP contribution in [0.1, 0.15) is 83.4 Å². The van der Waals surface area contributed by atoms with Gasteiger partial charge in [-0.1, -0.05) is 96.8 Å². The van der Waals surface area contributed by atoms with Gasteiger partial charge in [0.25, 0.3) is 5.91 Å². The molecular formula is C61H76F6N4O9. The van der Waals surface area contributed by atoms with Crippen LogP contribution in [0.4, 0.5) is 26.3 Å². The average molecular weight is 1120 g/mol. The van der Waals surface area contributed by atoms with E-state index in [1.54, 1.807) is 66.7 Å². The molecule has 0 aromatic heterocycles. The molecule has 0 bridgehead atoms. The molecule has 2 fully saturated rings. The minimum Gasteiger partial charge on any atom is -0.486 e. The number of hydrogen-bond acceptors (Lipinski definition) is 11. The van der Waals surface area contributed by atoms with Crippen molar-refractivity contribution in [2.45, 2.75) is 97.9 Å². The Labute approximate surface area is 464 Å². The largest absolute Gasteiger partial charge is 0.486 e. The maximum absolute atomic E-state index is 15.0. The molecule has 436 valence electrons. The lowest BCUT2D eigenvalue weighted by atomic mass is 9.96. The number of aryl methyl sites for hydroxylation is 2. The predicted octanol–water partition coefficient (Wildman–Crippen LogP) is 10.8. The van der Waals surface area contributed by atoms with Gasteiger partial charge in [0.15, 0.2) is 23.0 Å². The quantitative estimate of drug-likeness (QED) is 0.0547. The first-order valence-corrected chi connectivity index (χ1v) is 25.7. The molecule has 6 aromatic carbocycles. The summed E-state index contributed by atoms with van der Waals surface area (Å²) in [6.07, 6.45) is -3.43. The van der Waals surface area contributed by atoms with Crippen molar-refractivity contribution in [1.82, 2.24) is 15.1 Å². The third-order valence-electron chi connectivity index (χ3n) is 14.0. The normalized spacial score (nSPS) is 16.7. The maximum Gasteiger partial charge on any atom is 0.374 e. The zero-order chi connectivity index (χ0) is 55.0. The number of alkyl halides is 4. The van der Waals surface area contributed by atoms with Gasteiger partial charge in [-0.05, 0) is 117 Å². The fourth-order valence-corrected chi connectivity index (χ4v) is 9.76. The van der Waals surface area contributed by atoms with Gasteiger partial charge in [0, 0.05) is 58.2 Å². The number of aliphatic carboxylic acids is 1. The zero-order valence-electron chi connectivity index (χ0n) is 42.8. The van der Waals surface area contributed by atoms with Crippen molar-refractivity contribution >= 4 is 33.4 Å². The number of aliphatic hydroxyl groups is 2. The van der Waals surface area contributed by atoms with Crippen LogP contribution in [0, 0.1) is 23.5 Å². The Morgan fingerprint density at radius 3 is 1.43 bits per heavy atom. The van der Waals surface area contributed by atoms with Gasteiger partial charge in [-0.3, -0.25) is 4.79 Å². The summed E-state index contributed by atoms with van der Waals surface area (Å²) in [5.74, 6) is -7.98. The smallest absolute Gasteiger partial charge is 0.374 e. The van der Waals surface area contributed by atoms with Crippen molar-refractivity contribution in [3.8, 4) is 23.0 Å². The Morgan fingerprint density at radius 1 is 0.575 bits per heavy atom. The summed E-state index contributed by atoms with van der Waals surface area (Å²) >= 11 is 0. The molecule has 4 aliphatic heterocycles. The Bertz CT molecular complexity index is 3010. The lowest BCUT2D eigenvalue weighted by Crippen LogP contribution is -2.56. The molecule has 2 saturated heterocycles. The zero-order valence-corrected chi connectivity index (χ0v) is 42.8. The van der Waals surface area contributed by atoms with Crippen molar-refractivity contribution in [3.63, 3.8) is 0 Å². The summed E-state index contributed by atoms with van der Waals surface area (Å²) in [5.41, 5.74) is 8.57. The summed E-state index contributed by atoms with van der Waals surface area (Å²) in [5, 5.41) is 35.1. The number of fused-ring (bicyclic) bond motifs is 4. The van der Waals surface area contributed by atoms with Crippen molar-refractivity contribution in [2.75, 3.05) is 65.7 Å². The third-order valence-corrected chi connectivity index (χ3v) is 14.0. The maximum atomic E-state index is 15.0. The predicted molar refractivity (Wildman–Crippen MR) is 298 cm³/mol. The van der Waals surface area contributed by atoms with Crippen LogP contribution in [0.15, 0.2) is 109 Å². The number of nitrogens with two attached hydrogens (primary N) is 1. The molecule has 80 heavy (non-hydrogen) atoms. The second kappa shape index (κ2) is 28.2. The van der Waals surface area contributed by atoms with Gasteiger partial charge >= 0.3 is 17.8 Å². The topological polar surface area (TPSA) is 176 Å². The summed E-state index contributed by atoms with van der Waals surface area (Å²) in [4.78, 5) is 27.4. The van der Waals surface area contributed by atoms with Crippen molar-refractivity contribution in [3.05, 3.63) is 143 Å². The van der Waals surface area contributed by atoms with E-state index < -0.39 is 54.8 Å². The van der Waals surface area contributed by atoms with E-state index >= 15 is 8.78 Å². The second-order valence-corrected chi connectivity index (χ2v) is 20.5. The Kier molecular flexibility index (Phi) is 22.6. The minimum absolute atomic E-state index is 0. The van der Waals surface area contributed by atoms with E-state index in [2.05, 4.69) is 24.1 Å². The van der Waals surface area contributed by atoms with E-state index in [-0.39, 0.29) is 59.3 Å². The number of halogens is 6. The number of nitrogens with one attached hydrogen (secondary N) is 1. The first kappa shape index (κ1) is 64.2. The van der Waals surface area contributed by atoms with E-state index in [4.69, 9.17) is 29.8 Å². The van der Waals surface area contributed by atoms with Crippen molar-refractivity contribution < 1.29 is 70.2 Å². The van der Waals surface area contributed by atoms with Crippen LogP contribution in [0.25, 0.3) is 21.5 Å². The lowest BCUT2D eigenvalue weighted by Gasteiger charge is -2.40. The van der Waals surface area contributed by atoms with Crippen LogP contribution in [-0.4, -0.2) is 127 Å². The Hall–Kier alpha value is -6.64. The first-order valence-electron chi connectivity index (χ1n) is 25.7. The van der Waals surface area contributed by atoms with E-state index in [0.717, 1.165) is 60.7 Å². The van der Waals surface area contributed by atoms with Crippen LogP contribution < -0.4 is 30.0 Å². The molecule has 0 saturated carbocycles. The number of ether oxygens (including phenoxy) is 4. The van der Waals surface area contributed by atoms with E-state index in [1.807, 2.05) is 23.1 Å². The Morgan fingerprint density at radius 2 is 0.975 bits per heavy atom. The van der Waals surface area contributed by atoms with E-state index in [9.17, 15) is 37.4 Å². The molecule has 0 aliphatic carbocycles. The number of carboxylic acid groups (broad SMARTS) is 1. The van der Waals surface area contributed by atoms with Gasteiger partial charge in [0.1, 0.15) is 44.2 Å². The van der Waals surface area contributed by atoms with Crippen LogP contribution >= 0.6 is 0 Å². The van der Waals surface area contributed by atoms with Gasteiger partial charge in [-0.25, -0.2) is 13.6 Å². The molecule has 0 unspecified atom stereocenters. The van der Waals surface area contributed by atoms with Gasteiger partial charge in [0.05, 0.1) is 12.1 Å². The molecule has 0 spiro atoms. The molecule has 6 aromatic rings. The average Bonchev–Trinajstić information content (AvgIpc) is 3.46. The SMILES string of the molecule is C.C.C.CC1CN(C[C@@H](N)[C@H](O)c2ccc3c(c2)OCCO3)C1.CC1CN(C[C@@H](NC(=O)C(F)(F)CCc2ccc3cc(F)ccc3c2)[C@H](O)c2ccc3c(c2)OCCO3)C1.O=C(O)C(F)(F)CCc1ccc2cc(F)ccc2c1. The molecular weight excluding hydrogens is 1050 g/mol. The number of hydrogen-bond donors (Lipinski definition) is 5. The van der Waals surface area contributed by atoms with Gasteiger partial charge in [-0.15, -0.1) is 0 Å². The molecule has 19 heteroatoms. The summed E-state index contributed by atoms with van der Waals surface area (Å²) in [7, 11) is 0. The highest BCUT2D eigenvalue weighted by Crippen LogP contribution is 2.36. The molecule has 10 rings (SSSR count). The van der Waals surface area contributed by atoms with Crippen LogP contribution in [0.3, 0.4) is 0 Å². The molecule has 6 N–H and O–H groups in total.